The third kappa shape index (κ3) is 4.81. The highest BCUT2D eigenvalue weighted by molar-refractivity contribution is 6.39. The maximum Gasteiger partial charge on any atom is 0.335 e. The van der Waals surface area contributed by atoms with Crippen LogP contribution in [-0.4, -0.2) is 59.8 Å². The fraction of sp³-hybridized carbons (Fsp3) is 0.280. The van der Waals surface area contributed by atoms with E-state index in [-0.39, 0.29) is 22.7 Å². The number of imide groups is 2. The molecule has 2 fully saturated rings. The van der Waals surface area contributed by atoms with Crippen molar-refractivity contribution in [3.63, 3.8) is 0 Å². The second-order valence-electron chi connectivity index (χ2n) is 8.47. The van der Waals surface area contributed by atoms with Crippen molar-refractivity contribution in [2.75, 3.05) is 36.0 Å². The first-order valence-electron chi connectivity index (χ1n) is 11.5. The highest BCUT2D eigenvalue weighted by Crippen LogP contribution is 2.30. The third-order valence-electron chi connectivity index (χ3n) is 6.29. The molecule has 186 valence electrons. The van der Waals surface area contributed by atoms with Crippen LogP contribution >= 0.6 is 0 Å². The van der Waals surface area contributed by atoms with Crippen LogP contribution in [0.4, 0.5) is 21.9 Å². The number of nitro groups is 1. The molecule has 0 atom stereocenters. The summed E-state index contributed by atoms with van der Waals surface area (Å²) in [6.45, 7) is 5.36. The third-order valence-corrected chi connectivity index (χ3v) is 6.29. The number of barbiturate groups is 1. The van der Waals surface area contributed by atoms with Crippen molar-refractivity contribution in [3.05, 3.63) is 69.3 Å². The number of piperazine rings is 1. The molecule has 0 radical (unpaired) electrons. The Kier molecular flexibility index (Phi) is 6.82. The Labute approximate surface area is 207 Å². The monoisotopic (exact) mass is 491 g/mol. The maximum absolute atomic E-state index is 13.3. The van der Waals surface area contributed by atoms with Gasteiger partial charge in [0, 0.05) is 56.5 Å². The van der Waals surface area contributed by atoms with Gasteiger partial charge in [-0.3, -0.25) is 29.8 Å². The molecule has 0 aromatic heterocycles. The molecule has 0 spiro atoms. The number of benzene rings is 2. The van der Waals surface area contributed by atoms with Crippen LogP contribution in [0.3, 0.4) is 0 Å². The molecule has 0 saturated carbocycles. The van der Waals surface area contributed by atoms with E-state index in [0.717, 1.165) is 16.9 Å². The minimum atomic E-state index is -0.884. The van der Waals surface area contributed by atoms with Crippen LogP contribution in [0.2, 0.25) is 0 Å². The van der Waals surface area contributed by atoms with Crippen molar-refractivity contribution >= 4 is 46.9 Å². The number of hydrogen-bond acceptors (Lipinski definition) is 7. The van der Waals surface area contributed by atoms with Crippen LogP contribution in [0.5, 0.6) is 0 Å². The van der Waals surface area contributed by atoms with Gasteiger partial charge in [0.2, 0.25) is 5.91 Å². The van der Waals surface area contributed by atoms with Gasteiger partial charge in [-0.05, 0) is 36.3 Å². The number of nitrogens with zero attached hydrogens (tertiary/aromatic N) is 4. The normalized spacial score (nSPS) is 17.4. The number of carbonyl (C=O) groups excluding carboxylic acids is 4. The number of anilines is 2. The van der Waals surface area contributed by atoms with Gasteiger partial charge in [0.1, 0.15) is 5.57 Å². The Hall–Kier alpha value is -4.54. The molecule has 11 nitrogen and oxygen atoms in total. The van der Waals surface area contributed by atoms with E-state index >= 15 is 0 Å². The average molecular weight is 492 g/mol. The number of nitro benzene ring substituents is 1. The summed E-state index contributed by atoms with van der Waals surface area (Å²) in [5, 5.41) is 13.6. The molecule has 2 aromatic rings. The predicted octanol–water partition coefficient (Wildman–Crippen LogP) is 2.49. The van der Waals surface area contributed by atoms with E-state index in [2.05, 4.69) is 5.32 Å². The van der Waals surface area contributed by atoms with Crippen LogP contribution in [0, 0.1) is 10.1 Å². The van der Waals surface area contributed by atoms with Crippen LogP contribution in [0.25, 0.3) is 6.08 Å². The molecular weight excluding hydrogens is 466 g/mol. The van der Waals surface area contributed by atoms with E-state index in [1.54, 1.807) is 35.2 Å². The number of urea groups is 1. The number of rotatable bonds is 5. The Bertz CT molecular complexity index is 1280. The summed E-state index contributed by atoms with van der Waals surface area (Å²) in [6.07, 6.45) is 2.05. The summed E-state index contributed by atoms with van der Waals surface area (Å²) in [7, 11) is 0. The van der Waals surface area contributed by atoms with Gasteiger partial charge in [-0.25, -0.2) is 9.69 Å². The highest BCUT2D eigenvalue weighted by Gasteiger charge is 2.37. The molecule has 0 bridgehead atoms. The van der Waals surface area contributed by atoms with Gasteiger partial charge < -0.3 is 9.80 Å². The maximum atomic E-state index is 13.3. The van der Waals surface area contributed by atoms with E-state index in [0.29, 0.717) is 37.6 Å². The largest absolute Gasteiger partial charge is 0.367 e. The zero-order valence-electron chi connectivity index (χ0n) is 19.9. The van der Waals surface area contributed by atoms with Gasteiger partial charge in [0.15, 0.2) is 0 Å². The first kappa shape index (κ1) is 24.6. The molecule has 36 heavy (non-hydrogen) atoms. The standard InChI is InChI=1S/C25H25N5O6/c1-3-17-4-6-19(7-5-17)29-24(33)21(23(32)26-25(29)34)15-18-14-20(30(35)36)8-9-22(18)28-12-10-27(11-13-28)16(2)31/h4-9,14-15H,3,10-13H2,1-2H3,(H,26,32,34)/b21-15-. The van der Waals surface area contributed by atoms with E-state index in [1.165, 1.54) is 25.1 Å². The van der Waals surface area contributed by atoms with E-state index in [1.807, 2.05) is 11.8 Å². The van der Waals surface area contributed by atoms with Crippen LogP contribution in [0.15, 0.2) is 48.0 Å². The minimum Gasteiger partial charge on any atom is -0.367 e. The molecule has 2 aromatic carbocycles. The predicted molar refractivity (Wildman–Crippen MR) is 132 cm³/mol. The highest BCUT2D eigenvalue weighted by atomic mass is 16.6. The lowest BCUT2D eigenvalue weighted by molar-refractivity contribution is -0.384. The summed E-state index contributed by atoms with van der Waals surface area (Å²) in [6, 6.07) is 10.1. The molecular formula is C25H25N5O6. The lowest BCUT2D eigenvalue weighted by Crippen LogP contribution is -2.54. The molecule has 2 aliphatic heterocycles. The molecule has 0 unspecified atom stereocenters. The van der Waals surface area contributed by atoms with Crippen molar-refractivity contribution in [2.24, 2.45) is 0 Å². The summed E-state index contributed by atoms with van der Waals surface area (Å²) >= 11 is 0. The SMILES string of the molecule is CCc1ccc(N2C(=O)NC(=O)/C(=C/c3cc([N+](=O)[O-])ccc3N3CCN(C(C)=O)CC3)C2=O)cc1. The number of nitrogens with one attached hydrogen (secondary N) is 1. The van der Waals surface area contributed by atoms with Crippen LogP contribution in [-0.2, 0) is 20.8 Å². The van der Waals surface area contributed by atoms with Crippen molar-refractivity contribution in [3.8, 4) is 0 Å². The summed E-state index contributed by atoms with van der Waals surface area (Å²) < 4.78 is 0. The van der Waals surface area contributed by atoms with E-state index < -0.39 is 22.8 Å². The van der Waals surface area contributed by atoms with Gasteiger partial charge in [-0.15, -0.1) is 0 Å². The quantitative estimate of drug-likeness (QED) is 0.294. The molecule has 0 aliphatic carbocycles. The average Bonchev–Trinajstić information content (AvgIpc) is 2.86. The van der Waals surface area contributed by atoms with Gasteiger partial charge in [0.05, 0.1) is 10.6 Å². The molecule has 4 rings (SSSR count). The Morgan fingerprint density at radius 2 is 1.72 bits per heavy atom. The molecule has 11 heteroatoms. The molecule has 1 N–H and O–H groups in total. The lowest BCUT2D eigenvalue weighted by atomic mass is 10.0. The Balaban J connectivity index is 1.73. The summed E-state index contributed by atoms with van der Waals surface area (Å²) in [4.78, 5) is 65.6. The van der Waals surface area contributed by atoms with Crippen molar-refractivity contribution in [1.82, 2.24) is 10.2 Å². The van der Waals surface area contributed by atoms with Crippen molar-refractivity contribution in [2.45, 2.75) is 20.3 Å². The van der Waals surface area contributed by atoms with E-state index in [4.69, 9.17) is 0 Å². The number of hydrogen-bond donors (Lipinski definition) is 1. The lowest BCUT2D eigenvalue weighted by Gasteiger charge is -2.36. The Morgan fingerprint density at radius 1 is 1.06 bits per heavy atom. The molecule has 2 saturated heterocycles. The first-order valence-corrected chi connectivity index (χ1v) is 11.5. The number of non-ortho nitro benzene ring substituents is 1. The molecule has 5 amide bonds. The zero-order chi connectivity index (χ0) is 26.0. The van der Waals surface area contributed by atoms with Gasteiger partial charge in [-0.2, -0.15) is 0 Å². The van der Waals surface area contributed by atoms with Gasteiger partial charge >= 0.3 is 6.03 Å². The number of aryl methyl sites for hydroxylation is 1. The summed E-state index contributed by atoms with van der Waals surface area (Å²) in [5.41, 5.74) is 1.65. The van der Waals surface area contributed by atoms with Gasteiger partial charge in [0.25, 0.3) is 17.5 Å². The van der Waals surface area contributed by atoms with Crippen LogP contribution in [0.1, 0.15) is 25.0 Å². The molecule has 2 aliphatic rings. The Morgan fingerprint density at radius 3 is 2.31 bits per heavy atom. The molecule has 2 heterocycles. The zero-order valence-corrected chi connectivity index (χ0v) is 19.9. The van der Waals surface area contributed by atoms with Crippen molar-refractivity contribution in [1.29, 1.82) is 0 Å². The number of amides is 5. The van der Waals surface area contributed by atoms with Crippen molar-refractivity contribution < 1.29 is 24.1 Å². The first-order chi connectivity index (χ1) is 17.2. The number of carbonyl (C=O) groups is 4. The fourth-order valence-electron chi connectivity index (χ4n) is 4.25. The topological polar surface area (TPSA) is 133 Å². The summed E-state index contributed by atoms with van der Waals surface area (Å²) in [5.74, 6) is -1.75. The second-order valence-corrected chi connectivity index (χ2v) is 8.47. The van der Waals surface area contributed by atoms with Crippen LogP contribution < -0.4 is 15.1 Å². The second kappa shape index (κ2) is 9.98. The van der Waals surface area contributed by atoms with E-state index in [9.17, 15) is 29.3 Å². The minimum absolute atomic E-state index is 0.0399. The van der Waals surface area contributed by atoms with Gasteiger partial charge in [-0.1, -0.05) is 19.1 Å². The fourth-order valence-corrected chi connectivity index (χ4v) is 4.25. The smallest absolute Gasteiger partial charge is 0.335 e.